The van der Waals surface area contributed by atoms with Crippen LogP contribution in [0, 0.1) is 17.2 Å². The van der Waals surface area contributed by atoms with E-state index in [1.54, 1.807) is 0 Å². The fraction of sp³-hybridized carbons (Fsp3) is 0.600. The molecule has 0 saturated carbocycles. The monoisotopic (exact) mass is 244 g/mol. The molecule has 0 spiro atoms. The van der Waals surface area contributed by atoms with Gasteiger partial charge in [-0.25, -0.2) is 0 Å². The first kappa shape index (κ1) is 12.9. The molecular weight excluding hydrogens is 224 g/mol. The molecule has 3 heteroatoms. The number of nitriles is 1. The zero-order valence-corrected chi connectivity index (χ0v) is 11.2. The zero-order chi connectivity index (χ0) is 13.1. The second kappa shape index (κ2) is 5.39. The number of hydrogen-bond acceptors (Lipinski definition) is 2. The lowest BCUT2D eigenvalue weighted by Crippen LogP contribution is -2.31. The minimum atomic E-state index is 0.0471. The maximum Gasteiger partial charge on any atom is 0.255 e. The normalized spacial score (nSPS) is 14.3. The molecule has 0 aliphatic heterocycles. The van der Waals surface area contributed by atoms with Crippen molar-refractivity contribution in [3.8, 4) is 6.07 Å². The molecule has 0 atom stereocenters. The largest absolute Gasteiger partial charge is 0.312 e. The number of nitrogens with zero attached hydrogens (tertiary/aromatic N) is 2. The van der Waals surface area contributed by atoms with Crippen molar-refractivity contribution in [2.24, 2.45) is 5.92 Å². The molecule has 0 fully saturated rings. The van der Waals surface area contributed by atoms with Crippen LogP contribution in [0.1, 0.15) is 43.5 Å². The smallest absolute Gasteiger partial charge is 0.255 e. The number of hydrogen-bond donors (Lipinski definition) is 0. The van der Waals surface area contributed by atoms with Gasteiger partial charge in [-0.15, -0.1) is 0 Å². The Hall–Kier alpha value is -1.56. The topological polar surface area (TPSA) is 45.8 Å². The Morgan fingerprint density at radius 1 is 1.39 bits per heavy atom. The van der Waals surface area contributed by atoms with E-state index in [1.807, 2.05) is 10.6 Å². The summed E-state index contributed by atoms with van der Waals surface area (Å²) in [7, 11) is 0. The molecule has 1 heterocycles. The molecule has 0 radical (unpaired) electrons. The second-order valence-corrected chi connectivity index (χ2v) is 5.49. The Labute approximate surface area is 108 Å². The first-order chi connectivity index (χ1) is 8.63. The van der Waals surface area contributed by atoms with E-state index in [0.29, 0.717) is 11.5 Å². The lowest BCUT2D eigenvalue weighted by atomic mass is 9.93. The molecule has 1 aliphatic rings. The number of aryl methyl sites for hydroxylation is 1. The summed E-state index contributed by atoms with van der Waals surface area (Å²) >= 11 is 0. The predicted molar refractivity (Wildman–Crippen MR) is 71.5 cm³/mol. The summed E-state index contributed by atoms with van der Waals surface area (Å²) in [5.74, 6) is 0.450. The summed E-state index contributed by atoms with van der Waals surface area (Å²) in [5, 5.41) is 8.82. The Morgan fingerprint density at radius 3 is 2.78 bits per heavy atom. The van der Waals surface area contributed by atoms with E-state index in [4.69, 9.17) is 5.26 Å². The molecule has 0 unspecified atom stereocenters. The molecule has 0 amide bonds. The second-order valence-electron chi connectivity index (χ2n) is 5.49. The Bertz CT molecular complexity index is 535. The van der Waals surface area contributed by atoms with Crippen LogP contribution < -0.4 is 5.56 Å². The molecule has 1 aromatic rings. The van der Waals surface area contributed by atoms with Crippen LogP contribution in [0.15, 0.2) is 10.9 Å². The van der Waals surface area contributed by atoms with Gasteiger partial charge in [0.25, 0.3) is 5.56 Å². The van der Waals surface area contributed by atoms with Crippen LogP contribution in [0.25, 0.3) is 0 Å². The summed E-state index contributed by atoms with van der Waals surface area (Å²) in [4.78, 5) is 12.4. The third-order valence-corrected chi connectivity index (χ3v) is 3.49. The summed E-state index contributed by atoms with van der Waals surface area (Å²) < 4.78 is 1.92. The molecule has 2 rings (SSSR count). The molecule has 0 saturated heterocycles. The highest BCUT2D eigenvalue weighted by molar-refractivity contribution is 5.30. The lowest BCUT2D eigenvalue weighted by Gasteiger charge is -2.23. The SMILES string of the molecule is CC(C)Cn1c2c(cc(CC#N)c1=O)CCCC2. The number of pyridine rings is 1. The molecule has 96 valence electrons. The lowest BCUT2D eigenvalue weighted by molar-refractivity contribution is 0.478. The number of rotatable bonds is 3. The minimum Gasteiger partial charge on any atom is -0.312 e. The quantitative estimate of drug-likeness (QED) is 0.820. The van der Waals surface area contributed by atoms with E-state index in [9.17, 15) is 4.79 Å². The van der Waals surface area contributed by atoms with Crippen LogP contribution in [0.4, 0.5) is 0 Å². The Morgan fingerprint density at radius 2 is 2.11 bits per heavy atom. The molecule has 1 aliphatic carbocycles. The van der Waals surface area contributed by atoms with Crippen LogP contribution in [0.3, 0.4) is 0 Å². The summed E-state index contributed by atoms with van der Waals surface area (Å²) in [6.07, 6.45) is 4.64. The summed E-state index contributed by atoms with van der Waals surface area (Å²) in [6.45, 7) is 5.01. The highest BCUT2D eigenvalue weighted by Gasteiger charge is 2.17. The van der Waals surface area contributed by atoms with Gasteiger partial charge in [-0.2, -0.15) is 5.26 Å². The van der Waals surface area contributed by atoms with Crippen LogP contribution in [-0.4, -0.2) is 4.57 Å². The van der Waals surface area contributed by atoms with Crippen molar-refractivity contribution in [3.05, 3.63) is 33.2 Å². The van der Waals surface area contributed by atoms with Gasteiger partial charge in [-0.05, 0) is 43.2 Å². The molecule has 0 bridgehead atoms. The average Bonchev–Trinajstić information content (AvgIpc) is 2.34. The van der Waals surface area contributed by atoms with Gasteiger partial charge in [-0.1, -0.05) is 13.8 Å². The van der Waals surface area contributed by atoms with Crippen LogP contribution in [0.5, 0.6) is 0 Å². The van der Waals surface area contributed by atoms with Crippen LogP contribution >= 0.6 is 0 Å². The van der Waals surface area contributed by atoms with E-state index in [0.717, 1.165) is 19.4 Å². The van der Waals surface area contributed by atoms with Gasteiger partial charge in [0.1, 0.15) is 0 Å². The van der Waals surface area contributed by atoms with Gasteiger partial charge >= 0.3 is 0 Å². The van der Waals surface area contributed by atoms with E-state index in [-0.39, 0.29) is 12.0 Å². The maximum absolute atomic E-state index is 12.4. The van der Waals surface area contributed by atoms with Crippen LogP contribution in [0.2, 0.25) is 0 Å². The van der Waals surface area contributed by atoms with Crippen molar-refractivity contribution in [1.29, 1.82) is 5.26 Å². The van der Waals surface area contributed by atoms with Crippen LogP contribution in [-0.2, 0) is 25.8 Å². The summed E-state index contributed by atoms with van der Waals surface area (Å²) in [6, 6.07) is 4.07. The minimum absolute atomic E-state index is 0.0471. The number of aromatic nitrogens is 1. The fourth-order valence-corrected chi connectivity index (χ4v) is 2.71. The van der Waals surface area contributed by atoms with E-state index in [1.165, 1.54) is 24.1 Å². The van der Waals surface area contributed by atoms with Gasteiger partial charge in [0.15, 0.2) is 0 Å². The molecule has 1 aromatic heterocycles. The Balaban J connectivity index is 2.56. The van der Waals surface area contributed by atoms with Gasteiger partial charge in [0.05, 0.1) is 12.5 Å². The standard InChI is InChI=1S/C15H20N2O/c1-11(2)10-17-14-6-4-3-5-12(14)9-13(7-8-16)15(17)18/h9,11H,3-7,10H2,1-2H3. The first-order valence-corrected chi connectivity index (χ1v) is 6.75. The molecule has 0 aromatic carbocycles. The third-order valence-electron chi connectivity index (χ3n) is 3.49. The van der Waals surface area contributed by atoms with Gasteiger partial charge in [0, 0.05) is 17.8 Å². The van der Waals surface area contributed by atoms with Gasteiger partial charge < -0.3 is 4.57 Å². The summed E-state index contributed by atoms with van der Waals surface area (Å²) in [5.41, 5.74) is 3.21. The predicted octanol–water partition coefficient (Wildman–Crippen LogP) is 2.45. The number of fused-ring (bicyclic) bond motifs is 1. The highest BCUT2D eigenvalue weighted by atomic mass is 16.1. The van der Waals surface area contributed by atoms with Crippen molar-refractivity contribution < 1.29 is 0 Å². The molecule has 18 heavy (non-hydrogen) atoms. The molecule has 0 N–H and O–H groups in total. The molecule has 3 nitrogen and oxygen atoms in total. The highest BCUT2D eigenvalue weighted by Crippen LogP contribution is 2.21. The van der Waals surface area contributed by atoms with E-state index < -0.39 is 0 Å². The van der Waals surface area contributed by atoms with E-state index >= 15 is 0 Å². The molecular formula is C15H20N2O. The van der Waals surface area contributed by atoms with Crippen molar-refractivity contribution in [3.63, 3.8) is 0 Å². The van der Waals surface area contributed by atoms with E-state index in [2.05, 4.69) is 19.9 Å². The average molecular weight is 244 g/mol. The van der Waals surface area contributed by atoms with Crippen molar-refractivity contribution in [2.45, 2.75) is 52.5 Å². The first-order valence-electron chi connectivity index (χ1n) is 6.75. The van der Waals surface area contributed by atoms with Crippen molar-refractivity contribution >= 4 is 0 Å². The van der Waals surface area contributed by atoms with Gasteiger partial charge in [-0.3, -0.25) is 4.79 Å². The van der Waals surface area contributed by atoms with Crippen molar-refractivity contribution in [2.75, 3.05) is 0 Å². The fourth-order valence-electron chi connectivity index (χ4n) is 2.71. The maximum atomic E-state index is 12.4. The van der Waals surface area contributed by atoms with Gasteiger partial charge in [0.2, 0.25) is 0 Å². The van der Waals surface area contributed by atoms with Crippen molar-refractivity contribution in [1.82, 2.24) is 4.57 Å². The Kier molecular flexibility index (Phi) is 3.86. The zero-order valence-electron chi connectivity index (χ0n) is 11.2. The third kappa shape index (κ3) is 2.48.